The van der Waals surface area contributed by atoms with E-state index in [1.807, 2.05) is 0 Å². The molecule has 0 aromatic heterocycles. The van der Waals surface area contributed by atoms with E-state index in [2.05, 4.69) is 57.2 Å². The second-order valence-corrected chi connectivity index (χ2v) is 20.6. The summed E-state index contributed by atoms with van der Waals surface area (Å²) in [5, 5.41) is 0. The SMILES string of the molecule is CCCCCCC/C=C\C/C=C\CCCCCCCCCCCC(=O)OC(COC(=O)CCCCCCCCC)COC(=O)CCCCCCCCCCCCC/C=C\CCCCCCCCCC. The van der Waals surface area contributed by atoms with Crippen LogP contribution in [0, 0.1) is 0 Å². The summed E-state index contributed by atoms with van der Waals surface area (Å²) >= 11 is 0. The van der Waals surface area contributed by atoms with Crippen LogP contribution in [0.2, 0.25) is 0 Å². The molecule has 6 nitrogen and oxygen atoms in total. The molecule has 0 radical (unpaired) electrons. The van der Waals surface area contributed by atoms with Crippen molar-refractivity contribution >= 4 is 17.9 Å². The van der Waals surface area contributed by atoms with Crippen molar-refractivity contribution in [3.8, 4) is 0 Å². The van der Waals surface area contributed by atoms with Crippen LogP contribution in [-0.4, -0.2) is 37.2 Å². The Morgan fingerprint density at radius 2 is 0.522 bits per heavy atom. The Kier molecular flexibility index (Phi) is 56.2. The van der Waals surface area contributed by atoms with Gasteiger partial charge in [-0.1, -0.05) is 269 Å². The van der Waals surface area contributed by atoms with Gasteiger partial charge in [-0.2, -0.15) is 0 Å². The third-order valence-corrected chi connectivity index (χ3v) is 13.6. The van der Waals surface area contributed by atoms with Crippen LogP contribution in [0.5, 0.6) is 0 Å². The topological polar surface area (TPSA) is 78.9 Å². The van der Waals surface area contributed by atoms with Crippen molar-refractivity contribution in [2.45, 2.75) is 335 Å². The summed E-state index contributed by atoms with van der Waals surface area (Å²) in [6.07, 6.45) is 70.2. The van der Waals surface area contributed by atoms with Gasteiger partial charge in [0.2, 0.25) is 0 Å². The Morgan fingerprint density at radius 3 is 0.812 bits per heavy atom. The fourth-order valence-corrected chi connectivity index (χ4v) is 9.00. The molecule has 0 aromatic carbocycles. The molecule has 0 spiro atoms. The van der Waals surface area contributed by atoms with E-state index in [0.717, 1.165) is 64.2 Å². The highest BCUT2D eigenvalue weighted by Crippen LogP contribution is 2.16. The molecule has 0 aromatic rings. The van der Waals surface area contributed by atoms with E-state index in [9.17, 15) is 14.4 Å². The number of carbonyl (C=O) groups is 3. The summed E-state index contributed by atoms with van der Waals surface area (Å²) in [4.78, 5) is 38.0. The lowest BCUT2D eigenvalue weighted by Crippen LogP contribution is -2.30. The zero-order valence-corrected chi connectivity index (χ0v) is 46.3. The van der Waals surface area contributed by atoms with Gasteiger partial charge in [0.05, 0.1) is 0 Å². The van der Waals surface area contributed by atoms with E-state index >= 15 is 0 Å². The van der Waals surface area contributed by atoms with Gasteiger partial charge in [0, 0.05) is 19.3 Å². The molecule has 1 atom stereocenters. The van der Waals surface area contributed by atoms with Crippen molar-refractivity contribution in [1.82, 2.24) is 0 Å². The summed E-state index contributed by atoms with van der Waals surface area (Å²) in [5.41, 5.74) is 0. The molecule has 0 aliphatic heterocycles. The molecule has 0 saturated carbocycles. The molecule has 0 fully saturated rings. The molecule has 0 amide bonds. The van der Waals surface area contributed by atoms with Crippen LogP contribution in [0.1, 0.15) is 329 Å². The smallest absolute Gasteiger partial charge is 0.306 e. The molecule has 0 aliphatic carbocycles. The number of hydrogen-bond donors (Lipinski definition) is 0. The Labute approximate surface area is 429 Å². The van der Waals surface area contributed by atoms with Crippen LogP contribution in [0.3, 0.4) is 0 Å². The highest BCUT2D eigenvalue weighted by atomic mass is 16.6. The zero-order valence-electron chi connectivity index (χ0n) is 46.3. The first-order valence-electron chi connectivity index (χ1n) is 30.5. The summed E-state index contributed by atoms with van der Waals surface area (Å²) in [7, 11) is 0. The van der Waals surface area contributed by atoms with Crippen molar-refractivity contribution in [3.05, 3.63) is 36.5 Å². The van der Waals surface area contributed by atoms with Gasteiger partial charge in [0.25, 0.3) is 0 Å². The van der Waals surface area contributed by atoms with Crippen LogP contribution in [0.4, 0.5) is 0 Å². The summed E-state index contributed by atoms with van der Waals surface area (Å²) in [6, 6.07) is 0. The molecule has 0 aliphatic rings. The Hall–Kier alpha value is -2.37. The van der Waals surface area contributed by atoms with Gasteiger partial charge in [-0.15, -0.1) is 0 Å². The molecular formula is C63H116O6. The minimum atomic E-state index is -0.770. The Morgan fingerprint density at radius 1 is 0.290 bits per heavy atom. The summed E-state index contributed by atoms with van der Waals surface area (Å²) < 4.78 is 16.8. The fourth-order valence-electron chi connectivity index (χ4n) is 9.00. The fraction of sp³-hybridized carbons (Fsp3) is 0.857. The van der Waals surface area contributed by atoms with Crippen LogP contribution < -0.4 is 0 Å². The molecule has 404 valence electrons. The standard InChI is InChI=1S/C63H116O6/c1-4-7-10-13-16-18-20-22-24-26-28-30-31-33-34-36-38-40-42-44-47-50-53-56-62(65)68-59-60(58-67-61(64)55-52-49-46-15-12-9-6-3)69-63(66)57-54-51-48-45-43-41-39-37-35-32-29-27-25-23-21-19-17-14-11-8-5-2/h21,23,26-29,60H,4-20,22,24-25,30-59H2,1-3H3/b23-21-,28-26-,29-27-. The predicted octanol–water partition coefficient (Wildman–Crippen LogP) is 20.4. The number of hydrogen-bond acceptors (Lipinski definition) is 6. The zero-order chi connectivity index (χ0) is 50.0. The van der Waals surface area contributed by atoms with Gasteiger partial charge in [-0.05, 0) is 77.0 Å². The molecular weight excluding hydrogens is 853 g/mol. The molecule has 1 unspecified atom stereocenters. The van der Waals surface area contributed by atoms with Crippen molar-refractivity contribution in [2.75, 3.05) is 13.2 Å². The van der Waals surface area contributed by atoms with E-state index in [4.69, 9.17) is 14.2 Å². The van der Waals surface area contributed by atoms with Gasteiger partial charge in [-0.25, -0.2) is 0 Å². The molecule has 0 N–H and O–H groups in total. The Balaban J connectivity index is 4.14. The van der Waals surface area contributed by atoms with Gasteiger partial charge in [-0.3, -0.25) is 14.4 Å². The lowest BCUT2D eigenvalue weighted by molar-refractivity contribution is -0.167. The number of allylic oxidation sites excluding steroid dienone is 6. The van der Waals surface area contributed by atoms with Crippen LogP contribution >= 0.6 is 0 Å². The number of rotatable bonds is 56. The normalized spacial score (nSPS) is 12.2. The van der Waals surface area contributed by atoms with E-state index in [0.29, 0.717) is 19.3 Å². The summed E-state index contributed by atoms with van der Waals surface area (Å²) in [5.74, 6) is -0.866. The van der Waals surface area contributed by atoms with Gasteiger partial charge < -0.3 is 14.2 Å². The maximum absolute atomic E-state index is 12.8. The van der Waals surface area contributed by atoms with Crippen molar-refractivity contribution in [3.63, 3.8) is 0 Å². The van der Waals surface area contributed by atoms with Crippen LogP contribution in [0.15, 0.2) is 36.5 Å². The third-order valence-electron chi connectivity index (χ3n) is 13.6. The highest BCUT2D eigenvalue weighted by Gasteiger charge is 2.19. The average molecular weight is 970 g/mol. The largest absolute Gasteiger partial charge is 0.462 e. The Bertz CT molecular complexity index is 1160. The van der Waals surface area contributed by atoms with E-state index in [-0.39, 0.29) is 31.1 Å². The lowest BCUT2D eigenvalue weighted by Gasteiger charge is -2.18. The third kappa shape index (κ3) is 56.4. The predicted molar refractivity (Wildman–Crippen MR) is 298 cm³/mol. The van der Waals surface area contributed by atoms with Crippen molar-refractivity contribution in [2.24, 2.45) is 0 Å². The molecule has 0 heterocycles. The molecule has 0 bridgehead atoms. The number of esters is 3. The first kappa shape index (κ1) is 66.6. The first-order chi connectivity index (χ1) is 34.0. The van der Waals surface area contributed by atoms with E-state index in [1.54, 1.807) is 0 Å². The lowest BCUT2D eigenvalue weighted by atomic mass is 10.0. The van der Waals surface area contributed by atoms with Gasteiger partial charge in [0.15, 0.2) is 6.10 Å². The van der Waals surface area contributed by atoms with E-state index in [1.165, 1.54) is 225 Å². The van der Waals surface area contributed by atoms with Crippen LogP contribution in [0.25, 0.3) is 0 Å². The molecule has 69 heavy (non-hydrogen) atoms. The molecule has 0 rings (SSSR count). The van der Waals surface area contributed by atoms with Crippen LogP contribution in [-0.2, 0) is 28.6 Å². The van der Waals surface area contributed by atoms with Crippen molar-refractivity contribution < 1.29 is 28.6 Å². The average Bonchev–Trinajstić information content (AvgIpc) is 3.35. The van der Waals surface area contributed by atoms with Gasteiger partial charge in [0.1, 0.15) is 13.2 Å². The second-order valence-electron chi connectivity index (χ2n) is 20.6. The molecule has 6 heteroatoms. The minimum Gasteiger partial charge on any atom is -0.462 e. The maximum Gasteiger partial charge on any atom is 0.306 e. The minimum absolute atomic E-state index is 0.0712. The van der Waals surface area contributed by atoms with Crippen molar-refractivity contribution in [1.29, 1.82) is 0 Å². The molecule has 0 saturated heterocycles. The number of ether oxygens (including phenoxy) is 3. The number of unbranched alkanes of at least 4 members (excludes halogenated alkanes) is 39. The summed E-state index contributed by atoms with van der Waals surface area (Å²) in [6.45, 7) is 6.63. The maximum atomic E-state index is 12.8. The first-order valence-corrected chi connectivity index (χ1v) is 30.5. The number of carbonyl (C=O) groups excluding carboxylic acids is 3. The van der Waals surface area contributed by atoms with Gasteiger partial charge >= 0.3 is 17.9 Å². The van der Waals surface area contributed by atoms with E-state index < -0.39 is 6.10 Å². The highest BCUT2D eigenvalue weighted by molar-refractivity contribution is 5.71. The monoisotopic (exact) mass is 969 g/mol. The quantitative estimate of drug-likeness (QED) is 0.0261. The second kappa shape index (κ2) is 58.2.